The number of esters is 2. The highest BCUT2D eigenvalue weighted by Gasteiger charge is 2.11. The van der Waals surface area contributed by atoms with Gasteiger partial charge in [-0.2, -0.15) is 0 Å². The summed E-state index contributed by atoms with van der Waals surface area (Å²) in [7, 11) is 0. The average Bonchev–Trinajstić information content (AvgIpc) is 3.00. The number of rotatable bonds is 18. The second-order valence-corrected chi connectivity index (χ2v) is 10.7. The molecule has 0 bridgehead atoms. The molecule has 3 aromatic rings. The van der Waals surface area contributed by atoms with Gasteiger partial charge >= 0.3 is 11.9 Å². The zero-order chi connectivity index (χ0) is 31.6. The van der Waals surface area contributed by atoms with Gasteiger partial charge in [-0.25, -0.2) is 0 Å². The fourth-order valence-electron chi connectivity index (χ4n) is 4.52. The maximum atomic E-state index is 11.3. The summed E-state index contributed by atoms with van der Waals surface area (Å²) in [4.78, 5) is 22.5. The summed E-state index contributed by atoms with van der Waals surface area (Å²) in [5, 5.41) is 0. The Kier molecular flexibility index (Phi) is 14.8. The summed E-state index contributed by atoms with van der Waals surface area (Å²) in [6.07, 6.45) is 17.1. The molecule has 0 radical (unpaired) electrons. The number of benzene rings is 3. The molecule has 0 atom stereocenters. The van der Waals surface area contributed by atoms with Gasteiger partial charge in [0.05, 0.1) is 13.2 Å². The summed E-state index contributed by atoms with van der Waals surface area (Å²) in [6.45, 7) is 8.45. The van der Waals surface area contributed by atoms with Gasteiger partial charge < -0.3 is 18.9 Å². The maximum absolute atomic E-state index is 11.3. The highest BCUT2D eigenvalue weighted by Crippen LogP contribution is 2.33. The zero-order valence-electron chi connectivity index (χ0n) is 26.6. The quantitative estimate of drug-likeness (QED) is 0.0628. The van der Waals surface area contributed by atoms with Gasteiger partial charge in [-0.3, -0.25) is 9.59 Å². The van der Waals surface area contributed by atoms with Crippen molar-refractivity contribution < 1.29 is 28.5 Å². The standard InChI is InChI=1S/C38H46O6/c1-5-7-9-11-25-41-37-27-34(20-14-32-17-23-36(24-18-32)44-30(4)40)38(42-26-12-10-8-6-2)28-33(37)19-13-31-15-21-35(22-16-31)43-29(3)39/h13-24,27-28H,5-12,25-26H2,1-4H3. The third kappa shape index (κ3) is 12.5. The summed E-state index contributed by atoms with van der Waals surface area (Å²) in [5.74, 6) is 1.92. The lowest BCUT2D eigenvalue weighted by Crippen LogP contribution is -2.03. The molecular formula is C38H46O6. The van der Waals surface area contributed by atoms with Crippen molar-refractivity contribution in [2.45, 2.75) is 79.1 Å². The molecule has 0 aromatic heterocycles. The Morgan fingerprint density at radius 1 is 0.545 bits per heavy atom. The van der Waals surface area contributed by atoms with E-state index < -0.39 is 0 Å². The van der Waals surface area contributed by atoms with Crippen molar-refractivity contribution in [1.29, 1.82) is 0 Å². The molecule has 0 heterocycles. The van der Waals surface area contributed by atoms with E-state index in [0.29, 0.717) is 24.7 Å². The van der Waals surface area contributed by atoms with Crippen LogP contribution in [0, 0.1) is 0 Å². The number of ether oxygens (including phenoxy) is 4. The lowest BCUT2D eigenvalue weighted by Gasteiger charge is -2.15. The molecule has 44 heavy (non-hydrogen) atoms. The lowest BCUT2D eigenvalue weighted by molar-refractivity contribution is -0.132. The minimum atomic E-state index is -0.343. The van der Waals surface area contributed by atoms with Crippen molar-refractivity contribution in [2.75, 3.05) is 13.2 Å². The van der Waals surface area contributed by atoms with Crippen LogP contribution in [0.2, 0.25) is 0 Å². The predicted molar refractivity (Wildman–Crippen MR) is 179 cm³/mol. The molecule has 0 aliphatic carbocycles. The van der Waals surface area contributed by atoms with Gasteiger partial charge in [-0.15, -0.1) is 0 Å². The van der Waals surface area contributed by atoms with Crippen LogP contribution in [-0.2, 0) is 9.59 Å². The van der Waals surface area contributed by atoms with Crippen LogP contribution in [0.25, 0.3) is 24.3 Å². The third-order valence-electron chi connectivity index (χ3n) is 6.85. The Balaban J connectivity index is 1.92. The first-order valence-corrected chi connectivity index (χ1v) is 15.7. The number of hydrogen-bond donors (Lipinski definition) is 0. The van der Waals surface area contributed by atoms with Gasteiger partial charge in [0.15, 0.2) is 0 Å². The van der Waals surface area contributed by atoms with E-state index in [1.165, 1.54) is 39.5 Å². The van der Waals surface area contributed by atoms with Crippen molar-refractivity contribution in [3.05, 3.63) is 82.9 Å². The Hall–Kier alpha value is -4.32. The highest BCUT2D eigenvalue weighted by atomic mass is 16.5. The van der Waals surface area contributed by atoms with Crippen molar-refractivity contribution >= 4 is 36.2 Å². The first-order chi connectivity index (χ1) is 21.4. The fourth-order valence-corrected chi connectivity index (χ4v) is 4.52. The van der Waals surface area contributed by atoms with Crippen LogP contribution in [0.15, 0.2) is 60.7 Å². The molecule has 0 aliphatic rings. The first kappa shape index (κ1) is 34.2. The molecule has 0 saturated heterocycles. The van der Waals surface area contributed by atoms with E-state index in [4.69, 9.17) is 18.9 Å². The van der Waals surface area contributed by atoms with E-state index in [9.17, 15) is 9.59 Å². The van der Waals surface area contributed by atoms with E-state index in [-0.39, 0.29) is 11.9 Å². The molecule has 3 aromatic carbocycles. The molecule has 0 N–H and O–H groups in total. The Morgan fingerprint density at radius 3 is 1.27 bits per heavy atom. The SMILES string of the molecule is CCCCCCOc1cc(C=Cc2ccc(OC(C)=O)cc2)c(OCCCCCC)cc1C=Cc1ccc(OC(C)=O)cc1. The predicted octanol–water partition coefficient (Wildman–Crippen LogP) is 9.80. The minimum Gasteiger partial charge on any atom is -0.493 e. The van der Waals surface area contributed by atoms with Gasteiger partial charge in [0.2, 0.25) is 0 Å². The lowest BCUT2D eigenvalue weighted by atomic mass is 10.0. The van der Waals surface area contributed by atoms with Crippen molar-refractivity contribution in [2.24, 2.45) is 0 Å². The van der Waals surface area contributed by atoms with E-state index in [0.717, 1.165) is 59.4 Å². The van der Waals surface area contributed by atoms with Crippen molar-refractivity contribution in [3.8, 4) is 23.0 Å². The van der Waals surface area contributed by atoms with Crippen LogP contribution in [0.4, 0.5) is 0 Å². The molecule has 0 unspecified atom stereocenters. The van der Waals surface area contributed by atoms with Crippen LogP contribution in [0.5, 0.6) is 23.0 Å². The molecular weight excluding hydrogens is 552 g/mol. The average molecular weight is 599 g/mol. The molecule has 0 saturated carbocycles. The van der Waals surface area contributed by atoms with Crippen LogP contribution in [0.1, 0.15) is 101 Å². The second kappa shape index (κ2) is 19.1. The molecule has 0 aliphatic heterocycles. The Labute approximate surface area is 262 Å². The Morgan fingerprint density at radius 2 is 0.932 bits per heavy atom. The van der Waals surface area contributed by atoms with Crippen molar-refractivity contribution in [1.82, 2.24) is 0 Å². The first-order valence-electron chi connectivity index (χ1n) is 15.7. The largest absolute Gasteiger partial charge is 0.493 e. The van der Waals surface area contributed by atoms with Gasteiger partial charge in [0.25, 0.3) is 0 Å². The molecule has 3 rings (SSSR count). The topological polar surface area (TPSA) is 71.1 Å². The van der Waals surface area contributed by atoms with Crippen LogP contribution < -0.4 is 18.9 Å². The van der Waals surface area contributed by atoms with Crippen LogP contribution in [-0.4, -0.2) is 25.2 Å². The van der Waals surface area contributed by atoms with Gasteiger partial charge in [-0.1, -0.05) is 101 Å². The van der Waals surface area contributed by atoms with Crippen LogP contribution >= 0.6 is 0 Å². The fraction of sp³-hybridized carbons (Fsp3) is 0.368. The molecule has 6 heteroatoms. The van der Waals surface area contributed by atoms with Gasteiger partial charge in [0, 0.05) is 25.0 Å². The number of carbonyl (C=O) groups excluding carboxylic acids is 2. The number of hydrogen-bond acceptors (Lipinski definition) is 6. The summed E-state index contributed by atoms with van der Waals surface area (Å²) >= 11 is 0. The van der Waals surface area contributed by atoms with Crippen molar-refractivity contribution in [3.63, 3.8) is 0 Å². The maximum Gasteiger partial charge on any atom is 0.308 e. The zero-order valence-corrected chi connectivity index (χ0v) is 26.6. The van der Waals surface area contributed by atoms with Gasteiger partial charge in [-0.05, 0) is 60.4 Å². The summed E-state index contributed by atoms with van der Waals surface area (Å²) in [6, 6.07) is 18.9. The van der Waals surface area contributed by atoms with Crippen LogP contribution in [0.3, 0.4) is 0 Å². The van der Waals surface area contributed by atoms with E-state index in [1.807, 2.05) is 60.7 Å². The normalized spacial score (nSPS) is 11.2. The molecule has 0 spiro atoms. The highest BCUT2D eigenvalue weighted by molar-refractivity contribution is 5.79. The Bertz CT molecular complexity index is 1260. The molecule has 0 fully saturated rings. The number of carbonyl (C=O) groups is 2. The second-order valence-electron chi connectivity index (χ2n) is 10.7. The van der Waals surface area contributed by atoms with E-state index in [1.54, 1.807) is 24.3 Å². The molecule has 0 amide bonds. The molecule has 6 nitrogen and oxygen atoms in total. The van der Waals surface area contributed by atoms with E-state index in [2.05, 4.69) is 13.8 Å². The third-order valence-corrected chi connectivity index (χ3v) is 6.85. The smallest absolute Gasteiger partial charge is 0.308 e. The molecule has 234 valence electrons. The number of unbranched alkanes of at least 4 members (excludes halogenated alkanes) is 6. The van der Waals surface area contributed by atoms with Gasteiger partial charge in [0.1, 0.15) is 23.0 Å². The van der Waals surface area contributed by atoms with E-state index >= 15 is 0 Å². The summed E-state index contributed by atoms with van der Waals surface area (Å²) in [5.41, 5.74) is 3.79. The minimum absolute atomic E-state index is 0.343. The monoisotopic (exact) mass is 598 g/mol. The summed E-state index contributed by atoms with van der Waals surface area (Å²) < 4.78 is 23.0.